The van der Waals surface area contributed by atoms with Crippen LogP contribution in [0.25, 0.3) is 0 Å². The highest BCUT2D eigenvalue weighted by atomic mass is 32.1. The second kappa shape index (κ2) is 4.14. The lowest BCUT2D eigenvalue weighted by atomic mass is 10.2. The van der Waals surface area contributed by atoms with Crippen molar-refractivity contribution in [2.75, 3.05) is 0 Å². The molecule has 0 saturated heterocycles. The highest BCUT2D eigenvalue weighted by molar-refractivity contribution is 7.09. The van der Waals surface area contributed by atoms with Crippen molar-refractivity contribution in [1.29, 1.82) is 0 Å². The topological polar surface area (TPSA) is 30.7 Å². The summed E-state index contributed by atoms with van der Waals surface area (Å²) in [4.78, 5) is 4.58. The fourth-order valence-electron chi connectivity index (χ4n) is 1.38. The lowest BCUT2D eigenvalue weighted by Gasteiger charge is -2.01. The number of thiazole rings is 1. The van der Waals surface area contributed by atoms with Crippen LogP contribution in [0.5, 0.6) is 0 Å². The molecule has 0 aliphatic rings. The Kier molecular flexibility index (Phi) is 2.86. The maximum atomic E-state index is 4.58. The van der Waals surface area contributed by atoms with E-state index < -0.39 is 0 Å². The number of nitrogens with zero attached hydrogens (tertiary/aromatic N) is 3. The molecule has 2 aromatic rings. The molecule has 80 valence electrons. The van der Waals surface area contributed by atoms with Crippen LogP contribution in [-0.4, -0.2) is 14.8 Å². The predicted molar refractivity (Wildman–Crippen MR) is 62.3 cm³/mol. The fraction of sp³-hybridized carbons (Fsp3) is 0.455. The van der Waals surface area contributed by atoms with Crippen LogP contribution in [0, 0.1) is 6.92 Å². The van der Waals surface area contributed by atoms with Crippen molar-refractivity contribution >= 4 is 11.3 Å². The number of aryl methyl sites for hydroxylation is 1. The molecule has 0 fully saturated rings. The van der Waals surface area contributed by atoms with Gasteiger partial charge in [-0.15, -0.1) is 11.3 Å². The highest BCUT2D eigenvalue weighted by Gasteiger charge is 2.07. The summed E-state index contributed by atoms with van der Waals surface area (Å²) in [5, 5.41) is 7.57. The van der Waals surface area contributed by atoms with E-state index in [1.54, 1.807) is 11.3 Å². The van der Waals surface area contributed by atoms with Gasteiger partial charge in [0.05, 0.1) is 17.2 Å². The number of aromatic nitrogens is 3. The van der Waals surface area contributed by atoms with Crippen LogP contribution < -0.4 is 0 Å². The first-order valence-corrected chi connectivity index (χ1v) is 5.97. The minimum Gasteiger partial charge on any atom is -0.264 e. The molecule has 0 aromatic carbocycles. The lowest BCUT2D eigenvalue weighted by molar-refractivity contribution is 0.652. The van der Waals surface area contributed by atoms with Gasteiger partial charge in [-0.05, 0) is 13.0 Å². The Balaban J connectivity index is 2.15. The maximum absolute atomic E-state index is 4.58. The van der Waals surface area contributed by atoms with Crippen LogP contribution in [0.2, 0.25) is 0 Å². The molecule has 0 spiro atoms. The summed E-state index contributed by atoms with van der Waals surface area (Å²) >= 11 is 1.73. The lowest BCUT2D eigenvalue weighted by Crippen LogP contribution is -2.03. The minimum absolute atomic E-state index is 0.516. The van der Waals surface area contributed by atoms with Crippen molar-refractivity contribution in [3.8, 4) is 0 Å². The van der Waals surface area contributed by atoms with Crippen LogP contribution in [0.15, 0.2) is 17.6 Å². The van der Waals surface area contributed by atoms with Gasteiger partial charge in [0.2, 0.25) is 0 Å². The first-order valence-electron chi connectivity index (χ1n) is 5.09. The van der Waals surface area contributed by atoms with E-state index in [1.165, 1.54) is 10.7 Å². The largest absolute Gasteiger partial charge is 0.264 e. The third-order valence-electron chi connectivity index (χ3n) is 2.30. The Morgan fingerprint density at radius 3 is 2.80 bits per heavy atom. The summed E-state index contributed by atoms with van der Waals surface area (Å²) in [5.74, 6) is 0.516. The average Bonchev–Trinajstić information content (AvgIpc) is 2.77. The van der Waals surface area contributed by atoms with E-state index in [4.69, 9.17) is 0 Å². The van der Waals surface area contributed by atoms with Gasteiger partial charge in [0, 0.05) is 23.2 Å². The fourth-order valence-corrected chi connectivity index (χ4v) is 2.20. The normalized spacial score (nSPS) is 11.2. The molecular formula is C11H15N3S. The van der Waals surface area contributed by atoms with Gasteiger partial charge in [-0.3, -0.25) is 4.68 Å². The van der Waals surface area contributed by atoms with Crippen molar-refractivity contribution in [2.45, 2.75) is 33.2 Å². The summed E-state index contributed by atoms with van der Waals surface area (Å²) in [5.41, 5.74) is 2.28. The second-order valence-electron chi connectivity index (χ2n) is 3.96. The summed E-state index contributed by atoms with van der Waals surface area (Å²) in [7, 11) is 0. The quantitative estimate of drug-likeness (QED) is 0.798. The van der Waals surface area contributed by atoms with Gasteiger partial charge in [0.1, 0.15) is 0 Å². The molecule has 0 bridgehead atoms. The molecule has 0 radical (unpaired) electrons. The molecule has 2 rings (SSSR count). The van der Waals surface area contributed by atoms with E-state index in [9.17, 15) is 0 Å². The van der Waals surface area contributed by atoms with Crippen molar-refractivity contribution < 1.29 is 0 Å². The first-order chi connectivity index (χ1) is 7.16. The van der Waals surface area contributed by atoms with Crippen molar-refractivity contribution in [1.82, 2.24) is 14.8 Å². The Bertz CT molecular complexity index is 442. The van der Waals surface area contributed by atoms with Gasteiger partial charge in [-0.25, -0.2) is 4.98 Å². The van der Waals surface area contributed by atoms with Gasteiger partial charge in [-0.2, -0.15) is 5.10 Å². The summed E-state index contributed by atoms with van der Waals surface area (Å²) < 4.78 is 1.97. The average molecular weight is 221 g/mol. The smallest absolute Gasteiger partial charge is 0.0954 e. The third-order valence-corrected chi connectivity index (χ3v) is 3.50. The number of hydrogen-bond acceptors (Lipinski definition) is 3. The van der Waals surface area contributed by atoms with Crippen molar-refractivity contribution in [3.63, 3.8) is 0 Å². The zero-order chi connectivity index (χ0) is 10.8. The third kappa shape index (κ3) is 2.26. The first kappa shape index (κ1) is 10.4. The second-order valence-corrected chi connectivity index (χ2v) is 4.85. The van der Waals surface area contributed by atoms with E-state index in [0.29, 0.717) is 5.92 Å². The Morgan fingerprint density at radius 1 is 1.47 bits per heavy atom. The van der Waals surface area contributed by atoms with Crippen LogP contribution in [0.4, 0.5) is 0 Å². The molecular weight excluding hydrogens is 206 g/mol. The van der Waals surface area contributed by atoms with Crippen LogP contribution in [-0.2, 0) is 6.54 Å². The van der Waals surface area contributed by atoms with E-state index in [-0.39, 0.29) is 0 Å². The molecule has 0 amide bonds. The van der Waals surface area contributed by atoms with Gasteiger partial charge >= 0.3 is 0 Å². The molecule has 0 N–H and O–H groups in total. The number of hydrogen-bond donors (Lipinski definition) is 0. The maximum Gasteiger partial charge on any atom is 0.0954 e. The summed E-state index contributed by atoms with van der Waals surface area (Å²) in [6.45, 7) is 7.17. The Morgan fingerprint density at radius 2 is 2.27 bits per heavy atom. The zero-order valence-electron chi connectivity index (χ0n) is 9.27. The zero-order valence-corrected chi connectivity index (χ0v) is 10.1. The SMILES string of the molecule is Cc1ccnn1Cc1csc(C(C)C)n1. The van der Waals surface area contributed by atoms with Gasteiger partial charge in [0.25, 0.3) is 0 Å². The molecule has 2 heterocycles. The molecule has 0 aliphatic carbocycles. The highest BCUT2D eigenvalue weighted by Crippen LogP contribution is 2.19. The molecule has 0 atom stereocenters. The van der Waals surface area contributed by atoms with Gasteiger partial charge in [0.15, 0.2) is 0 Å². The van der Waals surface area contributed by atoms with Gasteiger partial charge < -0.3 is 0 Å². The number of rotatable bonds is 3. The summed E-state index contributed by atoms with van der Waals surface area (Å²) in [6, 6.07) is 2.01. The molecule has 0 saturated carbocycles. The van der Waals surface area contributed by atoms with E-state index in [1.807, 2.05) is 16.9 Å². The monoisotopic (exact) mass is 221 g/mol. The van der Waals surface area contributed by atoms with Crippen LogP contribution >= 0.6 is 11.3 Å². The van der Waals surface area contributed by atoms with E-state index in [0.717, 1.165) is 12.2 Å². The Labute approximate surface area is 93.8 Å². The standard InChI is InChI=1S/C11H15N3S/c1-8(2)11-13-10(7-15-11)6-14-9(3)4-5-12-14/h4-5,7-8H,6H2,1-3H3. The molecule has 3 nitrogen and oxygen atoms in total. The molecule has 0 unspecified atom stereocenters. The summed E-state index contributed by atoms with van der Waals surface area (Å²) in [6.07, 6.45) is 1.82. The minimum atomic E-state index is 0.516. The molecule has 0 aliphatic heterocycles. The van der Waals surface area contributed by atoms with Crippen molar-refractivity contribution in [2.24, 2.45) is 0 Å². The molecule has 15 heavy (non-hydrogen) atoms. The van der Waals surface area contributed by atoms with E-state index >= 15 is 0 Å². The van der Waals surface area contributed by atoms with Crippen LogP contribution in [0.1, 0.15) is 36.2 Å². The van der Waals surface area contributed by atoms with Crippen molar-refractivity contribution in [3.05, 3.63) is 34.0 Å². The Hall–Kier alpha value is -1.16. The molecule has 2 aromatic heterocycles. The van der Waals surface area contributed by atoms with Gasteiger partial charge in [-0.1, -0.05) is 13.8 Å². The predicted octanol–water partition coefficient (Wildman–Crippen LogP) is 2.82. The molecule has 4 heteroatoms. The van der Waals surface area contributed by atoms with E-state index in [2.05, 4.69) is 36.2 Å². The van der Waals surface area contributed by atoms with Crippen LogP contribution in [0.3, 0.4) is 0 Å².